The molecule has 2 saturated heterocycles. The number of amides is 2. The lowest BCUT2D eigenvalue weighted by Gasteiger charge is -2.46. The number of nitrogens with zero attached hydrogens (tertiary/aromatic N) is 2. The van der Waals surface area contributed by atoms with Gasteiger partial charge in [0, 0.05) is 37.5 Å². The smallest absolute Gasteiger partial charge is 0.275 e. The Balaban J connectivity index is 1.35. The molecule has 1 saturated carbocycles. The van der Waals surface area contributed by atoms with Crippen molar-refractivity contribution in [3.8, 4) is 5.75 Å². The van der Waals surface area contributed by atoms with Crippen molar-refractivity contribution in [1.82, 2.24) is 14.8 Å². The number of hydrogen-bond acceptors (Lipinski definition) is 4. The standard InChI is InChI=1S/C27H23F2N3O4/c28-19-7-6-18(21(29)8-19)11-30-25(34)20-13-31-15-27-9-17(10-27)12-32(27)26(35)22(31)24(23(20)33)36-14-16-4-2-1-3-5-16/h1-8,13,17H,9-12,14-15H2,(H,30,34)/t17-,27+. The summed E-state index contributed by atoms with van der Waals surface area (Å²) in [5.41, 5.74) is -0.151. The van der Waals surface area contributed by atoms with Gasteiger partial charge in [0.25, 0.3) is 11.8 Å². The summed E-state index contributed by atoms with van der Waals surface area (Å²) in [6.07, 6.45) is 3.20. The zero-order valence-electron chi connectivity index (χ0n) is 19.3. The van der Waals surface area contributed by atoms with Crippen LogP contribution < -0.4 is 15.5 Å². The SMILES string of the molecule is O=C(NCc1ccc(F)cc1F)c1cn2c(c(OCc3ccccc3)c1=O)C(=O)N1C[C@H]3C[C@]1(C2)C3. The van der Waals surface area contributed by atoms with Crippen molar-refractivity contribution in [2.24, 2.45) is 5.92 Å². The molecule has 1 spiro atoms. The highest BCUT2D eigenvalue weighted by molar-refractivity contribution is 6.00. The van der Waals surface area contributed by atoms with E-state index in [1.807, 2.05) is 35.2 Å². The molecule has 3 fully saturated rings. The fraction of sp³-hybridized carbons (Fsp3) is 0.296. The molecule has 3 aliphatic heterocycles. The van der Waals surface area contributed by atoms with E-state index in [-0.39, 0.29) is 47.2 Å². The Bertz CT molecular complexity index is 1450. The van der Waals surface area contributed by atoms with Crippen molar-refractivity contribution in [2.75, 3.05) is 6.54 Å². The third-order valence-electron chi connectivity index (χ3n) is 7.43. The van der Waals surface area contributed by atoms with Crippen molar-refractivity contribution < 1.29 is 23.1 Å². The molecule has 3 aromatic rings. The molecule has 0 radical (unpaired) electrons. The number of carbonyl (C=O) groups excluding carboxylic acids is 2. The summed E-state index contributed by atoms with van der Waals surface area (Å²) >= 11 is 0. The monoisotopic (exact) mass is 491 g/mol. The third-order valence-corrected chi connectivity index (χ3v) is 7.43. The number of aromatic nitrogens is 1. The molecular formula is C27H23F2N3O4. The van der Waals surface area contributed by atoms with Crippen LogP contribution in [0.4, 0.5) is 8.78 Å². The van der Waals surface area contributed by atoms with Gasteiger partial charge in [-0.3, -0.25) is 14.4 Å². The molecule has 4 heterocycles. The topological polar surface area (TPSA) is 80.6 Å². The minimum absolute atomic E-state index is 0.0516. The Morgan fingerprint density at radius 3 is 2.64 bits per heavy atom. The van der Waals surface area contributed by atoms with Crippen LogP contribution >= 0.6 is 0 Å². The second-order valence-electron chi connectivity index (χ2n) is 9.78. The Labute approximate surface area is 205 Å². The predicted molar refractivity (Wildman–Crippen MR) is 125 cm³/mol. The number of halogens is 2. The molecule has 1 N–H and O–H groups in total. The Morgan fingerprint density at radius 2 is 1.89 bits per heavy atom. The first kappa shape index (κ1) is 22.5. The van der Waals surface area contributed by atoms with Crippen molar-refractivity contribution in [3.05, 3.63) is 99.0 Å². The van der Waals surface area contributed by atoms with Gasteiger partial charge < -0.3 is 19.5 Å². The molecule has 184 valence electrons. The van der Waals surface area contributed by atoms with Gasteiger partial charge in [-0.15, -0.1) is 0 Å². The molecule has 0 atom stereocenters. The number of pyridine rings is 1. The summed E-state index contributed by atoms with van der Waals surface area (Å²) in [6, 6.07) is 12.3. The van der Waals surface area contributed by atoms with Crippen molar-refractivity contribution >= 4 is 11.8 Å². The van der Waals surface area contributed by atoms with Gasteiger partial charge in [0.15, 0.2) is 11.4 Å². The molecule has 2 aromatic carbocycles. The molecule has 0 unspecified atom stereocenters. The van der Waals surface area contributed by atoms with Crippen molar-refractivity contribution in [3.63, 3.8) is 0 Å². The van der Waals surface area contributed by atoms with Crippen LogP contribution in [0.15, 0.2) is 59.5 Å². The highest BCUT2D eigenvalue weighted by Crippen LogP contribution is 2.54. The first-order valence-electron chi connectivity index (χ1n) is 11.8. The van der Waals surface area contributed by atoms with Crippen LogP contribution in [0.3, 0.4) is 0 Å². The molecule has 9 heteroatoms. The molecule has 7 rings (SSSR count). The van der Waals surface area contributed by atoms with Gasteiger partial charge in [-0.25, -0.2) is 8.78 Å². The third kappa shape index (κ3) is 3.57. The second kappa shape index (κ2) is 8.29. The van der Waals surface area contributed by atoms with Gasteiger partial charge in [0.2, 0.25) is 5.43 Å². The largest absolute Gasteiger partial charge is 0.483 e. The van der Waals surface area contributed by atoms with Crippen molar-refractivity contribution in [1.29, 1.82) is 0 Å². The lowest BCUT2D eigenvalue weighted by molar-refractivity contribution is 0.0386. The second-order valence-corrected chi connectivity index (χ2v) is 9.78. The summed E-state index contributed by atoms with van der Waals surface area (Å²) in [6.45, 7) is 0.955. The molecule has 2 amide bonds. The zero-order valence-corrected chi connectivity index (χ0v) is 19.3. The molecule has 4 aliphatic rings. The van der Waals surface area contributed by atoms with E-state index in [0.29, 0.717) is 19.0 Å². The Hall–Kier alpha value is -4.01. The van der Waals surface area contributed by atoms with Gasteiger partial charge in [0.05, 0.1) is 5.54 Å². The van der Waals surface area contributed by atoms with E-state index in [9.17, 15) is 23.2 Å². The predicted octanol–water partition coefficient (Wildman–Crippen LogP) is 3.25. The zero-order chi connectivity index (χ0) is 25.0. The Kier molecular flexibility index (Phi) is 5.17. The fourth-order valence-corrected chi connectivity index (χ4v) is 5.72. The maximum Gasteiger partial charge on any atom is 0.275 e. The van der Waals surface area contributed by atoms with Gasteiger partial charge in [-0.05, 0) is 30.4 Å². The lowest BCUT2D eigenvalue weighted by Crippen LogP contribution is -2.56. The molecular weight excluding hydrogens is 468 g/mol. The van der Waals surface area contributed by atoms with Crippen LogP contribution in [-0.2, 0) is 19.7 Å². The molecule has 36 heavy (non-hydrogen) atoms. The number of fused-ring (bicyclic) bond motifs is 1. The average Bonchev–Trinajstić information content (AvgIpc) is 3.40. The van der Waals surface area contributed by atoms with E-state index < -0.39 is 23.0 Å². The minimum Gasteiger partial charge on any atom is -0.483 e. The van der Waals surface area contributed by atoms with Crippen LogP contribution in [-0.4, -0.2) is 33.4 Å². The van der Waals surface area contributed by atoms with Crippen LogP contribution in [0.2, 0.25) is 0 Å². The van der Waals surface area contributed by atoms with E-state index in [1.54, 1.807) is 4.57 Å². The quantitative estimate of drug-likeness (QED) is 0.574. The van der Waals surface area contributed by atoms with E-state index in [0.717, 1.165) is 30.5 Å². The van der Waals surface area contributed by atoms with Gasteiger partial charge in [-0.1, -0.05) is 36.4 Å². The van der Waals surface area contributed by atoms with Crippen LogP contribution in [0.5, 0.6) is 5.75 Å². The summed E-state index contributed by atoms with van der Waals surface area (Å²) in [5.74, 6) is -2.22. The van der Waals surface area contributed by atoms with Gasteiger partial charge >= 0.3 is 0 Å². The number of nitrogens with one attached hydrogen (secondary N) is 1. The maximum atomic E-state index is 14.0. The summed E-state index contributed by atoms with van der Waals surface area (Å²) in [7, 11) is 0. The first-order chi connectivity index (χ1) is 17.3. The van der Waals surface area contributed by atoms with E-state index in [2.05, 4.69) is 5.32 Å². The maximum absolute atomic E-state index is 14.0. The summed E-state index contributed by atoms with van der Waals surface area (Å²) in [4.78, 5) is 41.8. The number of hydrogen-bond donors (Lipinski definition) is 1. The fourth-order valence-electron chi connectivity index (χ4n) is 5.72. The number of benzene rings is 2. The highest BCUT2D eigenvalue weighted by Gasteiger charge is 2.60. The van der Waals surface area contributed by atoms with E-state index >= 15 is 0 Å². The lowest BCUT2D eigenvalue weighted by atomic mass is 9.72. The normalized spacial score (nSPS) is 21.4. The summed E-state index contributed by atoms with van der Waals surface area (Å²) < 4.78 is 34.8. The average molecular weight is 491 g/mol. The Morgan fingerprint density at radius 1 is 1.11 bits per heavy atom. The van der Waals surface area contributed by atoms with Gasteiger partial charge in [0.1, 0.15) is 23.8 Å². The van der Waals surface area contributed by atoms with E-state index in [1.165, 1.54) is 12.3 Å². The molecule has 1 aromatic heterocycles. The first-order valence-corrected chi connectivity index (χ1v) is 11.8. The van der Waals surface area contributed by atoms with Crippen LogP contribution in [0.1, 0.15) is 44.8 Å². The van der Waals surface area contributed by atoms with Gasteiger partial charge in [-0.2, -0.15) is 0 Å². The molecule has 1 aliphatic carbocycles. The molecule has 7 nitrogen and oxygen atoms in total. The van der Waals surface area contributed by atoms with Crippen molar-refractivity contribution in [2.45, 2.75) is 38.1 Å². The van der Waals surface area contributed by atoms with E-state index in [4.69, 9.17) is 4.74 Å². The van der Waals surface area contributed by atoms with Crippen LogP contribution in [0, 0.1) is 17.6 Å². The summed E-state index contributed by atoms with van der Waals surface area (Å²) in [5, 5.41) is 2.54. The highest BCUT2D eigenvalue weighted by atomic mass is 19.1. The van der Waals surface area contributed by atoms with Crippen LogP contribution in [0.25, 0.3) is 0 Å². The number of ether oxygens (including phenoxy) is 1. The number of carbonyl (C=O) groups is 2. The molecule has 2 bridgehead atoms. The number of rotatable bonds is 6. The minimum atomic E-state index is -0.796.